The number of carbonyl (C=O) groups is 2. The van der Waals surface area contributed by atoms with Crippen LogP contribution in [-0.2, 0) is 4.79 Å². The maximum Gasteiger partial charge on any atom is 0.253 e. The third-order valence-corrected chi connectivity index (χ3v) is 4.80. The second-order valence-corrected chi connectivity index (χ2v) is 7.52. The van der Waals surface area contributed by atoms with Crippen LogP contribution >= 0.6 is 0 Å². The van der Waals surface area contributed by atoms with Crippen molar-refractivity contribution in [3.63, 3.8) is 0 Å². The molecular weight excluding hydrogens is 316 g/mol. The van der Waals surface area contributed by atoms with Gasteiger partial charge in [0.05, 0.1) is 12.0 Å². The quantitative estimate of drug-likeness (QED) is 0.859. The van der Waals surface area contributed by atoms with E-state index in [0.29, 0.717) is 18.7 Å². The van der Waals surface area contributed by atoms with Gasteiger partial charge in [-0.2, -0.15) is 0 Å². The van der Waals surface area contributed by atoms with E-state index in [9.17, 15) is 14.7 Å². The first-order valence-corrected chi connectivity index (χ1v) is 9.11. The zero-order valence-electron chi connectivity index (χ0n) is 15.7. The zero-order valence-corrected chi connectivity index (χ0v) is 15.7. The van der Waals surface area contributed by atoms with Gasteiger partial charge >= 0.3 is 0 Å². The molecule has 0 aliphatic carbocycles. The average Bonchev–Trinajstić information content (AvgIpc) is 2.57. The molecule has 2 amide bonds. The minimum Gasteiger partial charge on any atom is -0.391 e. The zero-order chi connectivity index (χ0) is 18.6. The summed E-state index contributed by atoms with van der Waals surface area (Å²) in [4.78, 5) is 26.9. The van der Waals surface area contributed by atoms with Gasteiger partial charge in [0.15, 0.2) is 0 Å². The van der Waals surface area contributed by atoms with E-state index < -0.39 is 6.10 Å². The summed E-state index contributed by atoms with van der Waals surface area (Å²) in [5, 5.41) is 12.7. The van der Waals surface area contributed by atoms with Gasteiger partial charge in [0.25, 0.3) is 5.91 Å². The van der Waals surface area contributed by atoms with Crippen LogP contribution in [0.3, 0.4) is 0 Å². The van der Waals surface area contributed by atoms with Crippen LogP contribution in [0.2, 0.25) is 0 Å². The first-order chi connectivity index (χ1) is 11.8. The SMILES string of the molecule is Cc1cc(C)cc(C(=O)N2CCCC(C(=O)NCC(O)C(C)C)C2)c1. The molecule has 138 valence electrons. The topological polar surface area (TPSA) is 69.6 Å². The number of benzene rings is 1. The van der Waals surface area contributed by atoms with Crippen LogP contribution in [-0.4, -0.2) is 47.6 Å². The molecule has 25 heavy (non-hydrogen) atoms. The number of hydrogen-bond acceptors (Lipinski definition) is 3. The lowest BCUT2D eigenvalue weighted by Gasteiger charge is -2.32. The summed E-state index contributed by atoms with van der Waals surface area (Å²) in [6.45, 7) is 9.19. The number of nitrogens with one attached hydrogen (secondary N) is 1. The van der Waals surface area contributed by atoms with E-state index in [1.807, 2.05) is 45.9 Å². The molecule has 0 spiro atoms. The molecule has 5 nitrogen and oxygen atoms in total. The van der Waals surface area contributed by atoms with Crippen LogP contribution in [0.25, 0.3) is 0 Å². The van der Waals surface area contributed by atoms with Gasteiger partial charge in [0, 0.05) is 25.2 Å². The maximum atomic E-state index is 12.8. The Bertz CT molecular complexity index is 607. The molecule has 2 unspecified atom stereocenters. The van der Waals surface area contributed by atoms with Crippen molar-refractivity contribution in [1.82, 2.24) is 10.2 Å². The van der Waals surface area contributed by atoms with Crippen molar-refractivity contribution in [2.45, 2.75) is 46.6 Å². The normalized spacial score (nSPS) is 19.0. The Morgan fingerprint density at radius 3 is 2.48 bits per heavy atom. The Kier molecular flexibility index (Phi) is 6.59. The number of carbonyl (C=O) groups excluding carboxylic acids is 2. The van der Waals surface area contributed by atoms with Crippen LogP contribution in [0.5, 0.6) is 0 Å². The van der Waals surface area contributed by atoms with Gasteiger partial charge in [0.2, 0.25) is 5.91 Å². The lowest BCUT2D eigenvalue weighted by Crippen LogP contribution is -2.47. The summed E-state index contributed by atoms with van der Waals surface area (Å²) < 4.78 is 0. The summed E-state index contributed by atoms with van der Waals surface area (Å²) in [7, 11) is 0. The van der Waals surface area contributed by atoms with E-state index in [0.717, 1.165) is 24.0 Å². The van der Waals surface area contributed by atoms with Crippen LogP contribution in [0.15, 0.2) is 18.2 Å². The number of amides is 2. The van der Waals surface area contributed by atoms with Crippen LogP contribution < -0.4 is 5.32 Å². The number of hydrogen-bond donors (Lipinski definition) is 2. The molecule has 1 aromatic rings. The molecule has 1 aliphatic heterocycles. The predicted octanol–water partition coefficient (Wildman–Crippen LogP) is 2.29. The molecule has 1 aromatic carbocycles. The van der Waals surface area contributed by atoms with Crippen molar-refractivity contribution in [1.29, 1.82) is 0 Å². The van der Waals surface area contributed by atoms with Gasteiger partial charge < -0.3 is 15.3 Å². The third kappa shape index (κ3) is 5.30. The van der Waals surface area contributed by atoms with Gasteiger partial charge in [-0.15, -0.1) is 0 Å². The first-order valence-electron chi connectivity index (χ1n) is 9.11. The molecule has 2 atom stereocenters. The second kappa shape index (κ2) is 8.48. The summed E-state index contributed by atoms with van der Waals surface area (Å²) in [5.74, 6) is -0.179. The Morgan fingerprint density at radius 1 is 1.24 bits per heavy atom. The first kappa shape index (κ1) is 19.4. The van der Waals surface area contributed by atoms with Gasteiger partial charge in [-0.25, -0.2) is 0 Å². The third-order valence-electron chi connectivity index (χ3n) is 4.80. The predicted molar refractivity (Wildman–Crippen MR) is 98.4 cm³/mol. The van der Waals surface area contributed by atoms with Crippen LogP contribution in [0, 0.1) is 25.7 Å². The molecule has 1 fully saturated rings. The highest BCUT2D eigenvalue weighted by molar-refractivity contribution is 5.95. The summed E-state index contributed by atoms with van der Waals surface area (Å²) in [6.07, 6.45) is 1.06. The van der Waals surface area contributed by atoms with Gasteiger partial charge in [-0.05, 0) is 44.7 Å². The van der Waals surface area contributed by atoms with Crippen molar-refractivity contribution < 1.29 is 14.7 Å². The molecule has 1 heterocycles. The molecule has 2 N–H and O–H groups in total. The number of aliphatic hydroxyl groups is 1. The highest BCUT2D eigenvalue weighted by Crippen LogP contribution is 2.20. The highest BCUT2D eigenvalue weighted by Gasteiger charge is 2.29. The Labute approximate surface area is 150 Å². The van der Waals surface area contributed by atoms with Gasteiger partial charge in [-0.1, -0.05) is 31.0 Å². The number of nitrogens with zero attached hydrogens (tertiary/aromatic N) is 1. The molecule has 5 heteroatoms. The Morgan fingerprint density at radius 2 is 1.88 bits per heavy atom. The van der Waals surface area contributed by atoms with Crippen LogP contribution in [0.4, 0.5) is 0 Å². The van der Waals surface area contributed by atoms with Gasteiger partial charge in [0.1, 0.15) is 0 Å². The highest BCUT2D eigenvalue weighted by atomic mass is 16.3. The van der Waals surface area contributed by atoms with E-state index in [1.165, 1.54) is 0 Å². The monoisotopic (exact) mass is 346 g/mol. The van der Waals surface area contributed by atoms with E-state index in [-0.39, 0.29) is 30.2 Å². The van der Waals surface area contributed by atoms with Crippen molar-refractivity contribution in [2.75, 3.05) is 19.6 Å². The number of piperidine rings is 1. The fourth-order valence-corrected chi connectivity index (χ4v) is 3.24. The van der Waals surface area contributed by atoms with E-state index in [1.54, 1.807) is 4.90 Å². The Balaban J connectivity index is 1.97. The van der Waals surface area contributed by atoms with Crippen LogP contribution in [0.1, 0.15) is 48.2 Å². The van der Waals surface area contributed by atoms with E-state index in [4.69, 9.17) is 0 Å². The van der Waals surface area contributed by atoms with E-state index >= 15 is 0 Å². The van der Waals surface area contributed by atoms with Crippen molar-refractivity contribution in [2.24, 2.45) is 11.8 Å². The van der Waals surface area contributed by atoms with E-state index in [2.05, 4.69) is 5.32 Å². The molecular formula is C20H30N2O3. The molecule has 1 aliphatic rings. The molecule has 0 saturated carbocycles. The average molecular weight is 346 g/mol. The summed E-state index contributed by atoms with van der Waals surface area (Å²) >= 11 is 0. The fourth-order valence-electron chi connectivity index (χ4n) is 3.24. The standard InChI is InChI=1S/C20H30N2O3/c1-13(2)18(23)11-21-19(24)16-6-5-7-22(12-16)20(25)17-9-14(3)8-15(4)10-17/h8-10,13,16,18,23H,5-7,11-12H2,1-4H3,(H,21,24). The molecule has 0 aromatic heterocycles. The van der Waals surface area contributed by atoms with Crippen molar-refractivity contribution >= 4 is 11.8 Å². The summed E-state index contributed by atoms with van der Waals surface area (Å²) in [6, 6.07) is 5.85. The lowest BCUT2D eigenvalue weighted by atomic mass is 9.95. The molecule has 0 bridgehead atoms. The van der Waals surface area contributed by atoms with Crippen molar-refractivity contribution in [3.8, 4) is 0 Å². The minimum absolute atomic E-state index is 0.00786. The lowest BCUT2D eigenvalue weighted by molar-refractivity contribution is -0.126. The minimum atomic E-state index is -0.541. The number of aryl methyl sites for hydroxylation is 2. The number of aliphatic hydroxyl groups excluding tert-OH is 1. The van der Waals surface area contributed by atoms with Crippen molar-refractivity contribution in [3.05, 3.63) is 34.9 Å². The maximum absolute atomic E-state index is 12.8. The summed E-state index contributed by atoms with van der Waals surface area (Å²) in [5.41, 5.74) is 2.82. The largest absolute Gasteiger partial charge is 0.391 e. The smallest absolute Gasteiger partial charge is 0.253 e. The van der Waals surface area contributed by atoms with Gasteiger partial charge in [-0.3, -0.25) is 9.59 Å². The Hall–Kier alpha value is -1.88. The second-order valence-electron chi connectivity index (χ2n) is 7.52. The number of rotatable bonds is 5. The molecule has 1 saturated heterocycles. The fraction of sp³-hybridized carbons (Fsp3) is 0.600. The number of likely N-dealkylation sites (tertiary alicyclic amines) is 1. The molecule has 0 radical (unpaired) electrons. The molecule has 2 rings (SSSR count).